The van der Waals surface area contributed by atoms with Crippen molar-refractivity contribution in [1.29, 1.82) is 5.26 Å². The van der Waals surface area contributed by atoms with Crippen LogP contribution in [0.5, 0.6) is 0 Å². The Morgan fingerprint density at radius 2 is 1.60 bits per heavy atom. The number of aromatic nitrogens is 3. The average molecular weight is 276 g/mol. The molecule has 0 unspecified atom stereocenters. The molecule has 0 fully saturated rings. The van der Waals surface area contributed by atoms with E-state index in [-0.39, 0.29) is 5.76 Å². The van der Waals surface area contributed by atoms with Gasteiger partial charge in [-0.25, -0.2) is 0 Å². The molecule has 1 aromatic rings. The van der Waals surface area contributed by atoms with Crippen LogP contribution in [-0.4, -0.2) is 48.2 Å². The van der Waals surface area contributed by atoms with Crippen LogP contribution in [0.25, 0.3) is 5.57 Å². The molecule has 0 aliphatic heterocycles. The van der Waals surface area contributed by atoms with E-state index in [4.69, 9.17) is 5.26 Å². The van der Waals surface area contributed by atoms with E-state index < -0.39 is 0 Å². The Morgan fingerprint density at radius 1 is 1.10 bits per heavy atom. The molecule has 0 aliphatic carbocycles. The molecule has 0 aliphatic rings. The Morgan fingerprint density at radius 3 is 1.95 bits per heavy atom. The molecule has 7 heteroatoms. The molecule has 108 valence electrons. The summed E-state index contributed by atoms with van der Waals surface area (Å²) < 4.78 is 0. The second kappa shape index (κ2) is 6.70. The van der Waals surface area contributed by atoms with Gasteiger partial charge in [0.1, 0.15) is 0 Å². The fourth-order valence-corrected chi connectivity index (χ4v) is 1.52. The Hall–Kier alpha value is -2.36. The Bertz CT molecular complexity index is 514. The number of aliphatic hydroxyl groups is 1. The maximum absolute atomic E-state index is 9.79. The number of hydrogen-bond donors (Lipinski definition) is 1. The van der Waals surface area contributed by atoms with Crippen molar-refractivity contribution < 1.29 is 5.11 Å². The number of allylic oxidation sites excluding steroid dienone is 2. The predicted molar refractivity (Wildman–Crippen MR) is 78.6 cm³/mol. The Balaban J connectivity index is 3.35. The smallest absolute Gasteiger partial charge is 0.230 e. The van der Waals surface area contributed by atoms with Crippen LogP contribution in [0.1, 0.15) is 25.6 Å². The van der Waals surface area contributed by atoms with E-state index >= 15 is 0 Å². The minimum Gasteiger partial charge on any atom is -0.512 e. The number of anilines is 2. The third-order valence-electron chi connectivity index (χ3n) is 2.61. The van der Waals surface area contributed by atoms with Crippen molar-refractivity contribution in [2.24, 2.45) is 0 Å². The van der Waals surface area contributed by atoms with Crippen LogP contribution in [0, 0.1) is 11.3 Å². The first kappa shape index (κ1) is 15.7. The molecular formula is C13H20N6O. The van der Waals surface area contributed by atoms with E-state index in [0.717, 1.165) is 0 Å². The number of nitrogens with zero attached hydrogens (tertiary/aromatic N) is 6. The highest BCUT2D eigenvalue weighted by Gasteiger charge is 2.15. The van der Waals surface area contributed by atoms with E-state index in [1.54, 1.807) is 16.7 Å². The first-order valence-electron chi connectivity index (χ1n) is 6.23. The Labute approximate surface area is 119 Å². The quantitative estimate of drug-likeness (QED) is 0.817. The maximum Gasteiger partial charge on any atom is 0.230 e. The molecule has 1 rings (SSSR count). The molecule has 0 bridgehead atoms. The van der Waals surface area contributed by atoms with Crippen molar-refractivity contribution in [1.82, 2.24) is 15.0 Å². The molecule has 0 amide bonds. The van der Waals surface area contributed by atoms with Gasteiger partial charge >= 0.3 is 0 Å². The highest BCUT2D eigenvalue weighted by Crippen LogP contribution is 2.22. The number of rotatable bonds is 5. The van der Waals surface area contributed by atoms with Crippen LogP contribution in [-0.2, 0) is 0 Å². The van der Waals surface area contributed by atoms with Crippen molar-refractivity contribution in [3.05, 3.63) is 11.6 Å². The molecule has 1 aromatic heterocycles. The van der Waals surface area contributed by atoms with Gasteiger partial charge in [-0.2, -0.15) is 20.2 Å². The van der Waals surface area contributed by atoms with E-state index in [2.05, 4.69) is 21.0 Å². The first-order chi connectivity index (χ1) is 9.36. The normalized spacial score (nSPS) is 11.6. The van der Waals surface area contributed by atoms with Crippen molar-refractivity contribution >= 4 is 17.5 Å². The van der Waals surface area contributed by atoms with E-state index in [1.807, 2.05) is 28.2 Å². The van der Waals surface area contributed by atoms with Crippen LogP contribution in [0.15, 0.2) is 5.76 Å². The molecule has 0 atom stereocenters. The molecule has 0 radical (unpaired) electrons. The third kappa shape index (κ3) is 3.82. The van der Waals surface area contributed by atoms with Gasteiger partial charge in [0.25, 0.3) is 0 Å². The summed E-state index contributed by atoms with van der Waals surface area (Å²) in [6.07, 6.45) is 0.704. The van der Waals surface area contributed by atoms with E-state index in [9.17, 15) is 5.11 Å². The number of aliphatic hydroxyl groups excluding tert-OH is 1. The molecule has 20 heavy (non-hydrogen) atoms. The van der Waals surface area contributed by atoms with Gasteiger partial charge in [-0.15, -0.1) is 0 Å². The van der Waals surface area contributed by atoms with E-state index in [0.29, 0.717) is 36.1 Å². The van der Waals surface area contributed by atoms with Gasteiger partial charge in [0, 0.05) is 40.2 Å². The summed E-state index contributed by atoms with van der Waals surface area (Å²) in [6, 6.07) is 2.06. The second-order valence-electron chi connectivity index (χ2n) is 4.77. The molecule has 0 spiro atoms. The zero-order valence-corrected chi connectivity index (χ0v) is 12.5. The molecular weight excluding hydrogens is 256 g/mol. The molecule has 0 saturated heterocycles. The van der Waals surface area contributed by atoms with Crippen LogP contribution < -0.4 is 9.80 Å². The minimum absolute atomic E-state index is 0.126. The molecule has 0 saturated carbocycles. The van der Waals surface area contributed by atoms with Crippen LogP contribution in [0.3, 0.4) is 0 Å². The lowest BCUT2D eigenvalue weighted by Gasteiger charge is -2.17. The minimum atomic E-state index is 0.126. The van der Waals surface area contributed by atoms with Crippen LogP contribution in [0.4, 0.5) is 11.9 Å². The van der Waals surface area contributed by atoms with Gasteiger partial charge in [0.05, 0.1) is 11.8 Å². The van der Waals surface area contributed by atoms with Gasteiger partial charge in [-0.1, -0.05) is 0 Å². The largest absolute Gasteiger partial charge is 0.512 e. The van der Waals surface area contributed by atoms with Gasteiger partial charge in [-0.3, -0.25) is 0 Å². The summed E-state index contributed by atoms with van der Waals surface area (Å²) in [6.45, 7) is 1.57. The lowest BCUT2D eigenvalue weighted by molar-refractivity contribution is 0.415. The van der Waals surface area contributed by atoms with Gasteiger partial charge in [0.15, 0.2) is 5.82 Å². The van der Waals surface area contributed by atoms with Crippen LogP contribution >= 0.6 is 0 Å². The van der Waals surface area contributed by atoms with Crippen molar-refractivity contribution in [2.75, 3.05) is 38.0 Å². The maximum atomic E-state index is 9.79. The van der Waals surface area contributed by atoms with E-state index in [1.165, 1.54) is 0 Å². The summed E-state index contributed by atoms with van der Waals surface area (Å²) in [5.41, 5.74) is 0.570. The zero-order chi connectivity index (χ0) is 15.3. The van der Waals surface area contributed by atoms with Crippen molar-refractivity contribution in [3.63, 3.8) is 0 Å². The molecule has 0 aromatic carbocycles. The summed E-state index contributed by atoms with van der Waals surface area (Å²) in [4.78, 5) is 16.5. The Kier molecular flexibility index (Phi) is 5.26. The summed E-state index contributed by atoms with van der Waals surface area (Å²) >= 11 is 0. The molecule has 1 N–H and O–H groups in total. The zero-order valence-electron chi connectivity index (χ0n) is 12.5. The standard InChI is InChI=1S/C13H20N6O/c1-9(20)10(7-6-8-14)11-15-12(18(2)3)17-13(16-11)19(4)5/h20H,6-7H2,1-5H3/b10-9+. The lowest BCUT2D eigenvalue weighted by Crippen LogP contribution is -2.20. The van der Waals surface area contributed by atoms with Crippen molar-refractivity contribution in [2.45, 2.75) is 19.8 Å². The fraction of sp³-hybridized carbons (Fsp3) is 0.538. The SMILES string of the molecule is C/C(O)=C(/CCC#N)c1nc(N(C)C)nc(N(C)C)n1. The molecule has 7 nitrogen and oxygen atoms in total. The summed E-state index contributed by atoms with van der Waals surface area (Å²) in [7, 11) is 7.35. The van der Waals surface area contributed by atoms with Crippen molar-refractivity contribution in [3.8, 4) is 6.07 Å². The average Bonchev–Trinajstić information content (AvgIpc) is 2.38. The number of nitriles is 1. The lowest BCUT2D eigenvalue weighted by atomic mass is 10.1. The van der Waals surface area contributed by atoms with Gasteiger partial charge < -0.3 is 14.9 Å². The third-order valence-corrected chi connectivity index (χ3v) is 2.61. The summed E-state index contributed by atoms with van der Waals surface area (Å²) in [5, 5.41) is 18.5. The van der Waals surface area contributed by atoms with Crippen LogP contribution in [0.2, 0.25) is 0 Å². The monoisotopic (exact) mass is 276 g/mol. The predicted octanol–water partition coefficient (Wildman–Crippen LogP) is 1.60. The summed E-state index contributed by atoms with van der Waals surface area (Å²) in [5.74, 6) is 1.55. The fourth-order valence-electron chi connectivity index (χ4n) is 1.52. The highest BCUT2D eigenvalue weighted by atomic mass is 16.3. The first-order valence-corrected chi connectivity index (χ1v) is 6.23. The van der Waals surface area contributed by atoms with Gasteiger partial charge in [-0.05, 0) is 13.3 Å². The highest BCUT2D eigenvalue weighted by molar-refractivity contribution is 5.63. The molecule has 1 heterocycles. The topological polar surface area (TPSA) is 89.2 Å². The second-order valence-corrected chi connectivity index (χ2v) is 4.77. The van der Waals surface area contributed by atoms with Gasteiger partial charge in [0.2, 0.25) is 11.9 Å². The number of hydrogen-bond acceptors (Lipinski definition) is 7.